The third kappa shape index (κ3) is 4.75. The van der Waals surface area contributed by atoms with Crippen molar-refractivity contribution in [2.75, 3.05) is 33.4 Å². The molecular formula is C13H22N2O. The summed E-state index contributed by atoms with van der Waals surface area (Å²) in [6.07, 6.45) is 0. The summed E-state index contributed by atoms with van der Waals surface area (Å²) in [7, 11) is 2.11. The van der Waals surface area contributed by atoms with Crippen LogP contribution in [0.25, 0.3) is 0 Å². The highest BCUT2D eigenvalue weighted by Gasteiger charge is 2.02. The van der Waals surface area contributed by atoms with Gasteiger partial charge in [0.15, 0.2) is 0 Å². The zero-order valence-electron chi connectivity index (χ0n) is 10.3. The summed E-state index contributed by atoms with van der Waals surface area (Å²) in [5, 5.41) is 0. The Labute approximate surface area is 98.2 Å². The van der Waals surface area contributed by atoms with Crippen molar-refractivity contribution in [3.05, 3.63) is 35.4 Å². The molecule has 3 heteroatoms. The number of benzene rings is 1. The Morgan fingerprint density at radius 1 is 1.25 bits per heavy atom. The van der Waals surface area contributed by atoms with Crippen molar-refractivity contribution in [1.29, 1.82) is 0 Å². The van der Waals surface area contributed by atoms with E-state index in [1.807, 2.05) is 0 Å². The topological polar surface area (TPSA) is 38.5 Å². The fourth-order valence-electron chi connectivity index (χ4n) is 1.56. The van der Waals surface area contributed by atoms with E-state index in [9.17, 15) is 0 Å². The fraction of sp³-hybridized carbons (Fsp3) is 0.538. The molecule has 0 aliphatic heterocycles. The van der Waals surface area contributed by atoms with Gasteiger partial charge >= 0.3 is 0 Å². The van der Waals surface area contributed by atoms with Gasteiger partial charge in [0.2, 0.25) is 0 Å². The summed E-state index contributed by atoms with van der Waals surface area (Å²) in [5.74, 6) is 0. The van der Waals surface area contributed by atoms with Crippen LogP contribution in [0.3, 0.4) is 0 Å². The lowest BCUT2D eigenvalue weighted by Gasteiger charge is -2.17. The molecule has 1 rings (SSSR count). The van der Waals surface area contributed by atoms with Crippen molar-refractivity contribution >= 4 is 0 Å². The smallest absolute Gasteiger partial charge is 0.0594 e. The van der Waals surface area contributed by atoms with E-state index >= 15 is 0 Å². The van der Waals surface area contributed by atoms with Gasteiger partial charge in [-0.2, -0.15) is 0 Å². The van der Waals surface area contributed by atoms with E-state index in [0.29, 0.717) is 13.2 Å². The lowest BCUT2D eigenvalue weighted by molar-refractivity contribution is 0.115. The Kier molecular flexibility index (Phi) is 6.08. The van der Waals surface area contributed by atoms with Crippen LogP contribution in [-0.4, -0.2) is 38.3 Å². The quantitative estimate of drug-likeness (QED) is 0.709. The first-order valence-electron chi connectivity index (χ1n) is 5.75. The summed E-state index contributed by atoms with van der Waals surface area (Å²) >= 11 is 0. The summed E-state index contributed by atoms with van der Waals surface area (Å²) in [4.78, 5) is 2.26. The molecule has 90 valence electrons. The van der Waals surface area contributed by atoms with E-state index in [1.165, 1.54) is 11.1 Å². The van der Waals surface area contributed by atoms with Crippen LogP contribution in [0.5, 0.6) is 0 Å². The maximum atomic E-state index is 5.35. The van der Waals surface area contributed by atoms with Gasteiger partial charge in [0.05, 0.1) is 13.2 Å². The molecule has 1 aromatic rings. The maximum Gasteiger partial charge on any atom is 0.0594 e. The van der Waals surface area contributed by atoms with Gasteiger partial charge in [-0.15, -0.1) is 0 Å². The minimum atomic E-state index is 0.599. The fourth-order valence-corrected chi connectivity index (χ4v) is 1.56. The number of likely N-dealkylation sites (N-methyl/N-ethyl adjacent to an activating group) is 1. The van der Waals surface area contributed by atoms with Crippen LogP contribution in [-0.2, 0) is 11.3 Å². The standard InChI is InChI=1S/C13H22N2O/c1-12-5-3-4-6-13(12)11-15(2)8-10-16-9-7-14/h3-6H,7-11,14H2,1-2H3. The van der Waals surface area contributed by atoms with Crippen molar-refractivity contribution in [1.82, 2.24) is 4.90 Å². The van der Waals surface area contributed by atoms with Crippen molar-refractivity contribution in [2.45, 2.75) is 13.5 Å². The third-order valence-corrected chi connectivity index (χ3v) is 2.58. The highest BCUT2D eigenvalue weighted by Crippen LogP contribution is 2.08. The highest BCUT2D eigenvalue weighted by atomic mass is 16.5. The first-order valence-corrected chi connectivity index (χ1v) is 5.75. The van der Waals surface area contributed by atoms with Gasteiger partial charge < -0.3 is 10.5 Å². The predicted octanol–water partition coefficient (Wildman–Crippen LogP) is 1.40. The molecule has 0 atom stereocenters. The molecule has 0 saturated carbocycles. The molecule has 0 bridgehead atoms. The van der Waals surface area contributed by atoms with Gasteiger partial charge in [0.25, 0.3) is 0 Å². The van der Waals surface area contributed by atoms with E-state index in [0.717, 1.165) is 19.7 Å². The number of hydrogen-bond acceptors (Lipinski definition) is 3. The van der Waals surface area contributed by atoms with Gasteiger partial charge in [0.1, 0.15) is 0 Å². The van der Waals surface area contributed by atoms with Crippen LogP contribution in [0.1, 0.15) is 11.1 Å². The normalized spacial score (nSPS) is 11.0. The SMILES string of the molecule is Cc1ccccc1CN(C)CCOCCN. The molecule has 0 aliphatic carbocycles. The molecule has 2 N–H and O–H groups in total. The van der Waals surface area contributed by atoms with E-state index in [2.05, 4.69) is 43.1 Å². The molecule has 0 heterocycles. The van der Waals surface area contributed by atoms with Crippen LogP contribution in [0.4, 0.5) is 0 Å². The van der Waals surface area contributed by atoms with Crippen LogP contribution in [0.15, 0.2) is 24.3 Å². The molecule has 0 amide bonds. The lowest BCUT2D eigenvalue weighted by atomic mass is 10.1. The number of nitrogens with zero attached hydrogens (tertiary/aromatic N) is 1. The first-order chi connectivity index (χ1) is 7.74. The zero-order chi connectivity index (χ0) is 11.8. The Balaban J connectivity index is 2.28. The Morgan fingerprint density at radius 3 is 2.69 bits per heavy atom. The summed E-state index contributed by atoms with van der Waals surface area (Å²) in [6.45, 7) is 6.06. The first kappa shape index (κ1) is 13.2. The van der Waals surface area contributed by atoms with E-state index < -0.39 is 0 Å². The van der Waals surface area contributed by atoms with Gasteiger partial charge in [-0.3, -0.25) is 4.90 Å². The second-order valence-electron chi connectivity index (χ2n) is 4.07. The van der Waals surface area contributed by atoms with Crippen molar-refractivity contribution in [3.63, 3.8) is 0 Å². The molecule has 0 spiro atoms. The summed E-state index contributed by atoms with van der Waals surface area (Å²) < 4.78 is 5.35. The van der Waals surface area contributed by atoms with Crippen LogP contribution in [0.2, 0.25) is 0 Å². The largest absolute Gasteiger partial charge is 0.379 e. The van der Waals surface area contributed by atoms with Gasteiger partial charge in [-0.05, 0) is 25.1 Å². The lowest BCUT2D eigenvalue weighted by Crippen LogP contribution is -2.24. The van der Waals surface area contributed by atoms with E-state index in [1.54, 1.807) is 0 Å². The minimum absolute atomic E-state index is 0.599. The van der Waals surface area contributed by atoms with Crippen LogP contribution < -0.4 is 5.73 Å². The zero-order valence-corrected chi connectivity index (χ0v) is 10.3. The second-order valence-corrected chi connectivity index (χ2v) is 4.07. The number of hydrogen-bond donors (Lipinski definition) is 1. The Morgan fingerprint density at radius 2 is 2.00 bits per heavy atom. The van der Waals surface area contributed by atoms with E-state index in [-0.39, 0.29) is 0 Å². The maximum absolute atomic E-state index is 5.35. The molecule has 0 unspecified atom stereocenters. The Bertz CT molecular complexity index is 302. The molecule has 0 radical (unpaired) electrons. The van der Waals surface area contributed by atoms with E-state index in [4.69, 9.17) is 10.5 Å². The number of aryl methyl sites for hydroxylation is 1. The minimum Gasteiger partial charge on any atom is -0.379 e. The van der Waals surface area contributed by atoms with Crippen molar-refractivity contribution < 1.29 is 4.74 Å². The predicted molar refractivity (Wildman–Crippen MR) is 67.4 cm³/mol. The van der Waals surface area contributed by atoms with Crippen LogP contribution >= 0.6 is 0 Å². The second kappa shape index (κ2) is 7.39. The summed E-state index contributed by atoms with van der Waals surface area (Å²) in [6, 6.07) is 8.48. The summed E-state index contributed by atoms with van der Waals surface area (Å²) in [5.41, 5.74) is 8.07. The number of ether oxygens (including phenoxy) is 1. The molecular weight excluding hydrogens is 200 g/mol. The molecule has 0 aliphatic rings. The van der Waals surface area contributed by atoms with Crippen molar-refractivity contribution in [2.24, 2.45) is 5.73 Å². The average molecular weight is 222 g/mol. The van der Waals surface area contributed by atoms with Gasteiger partial charge in [-0.25, -0.2) is 0 Å². The Hall–Kier alpha value is -0.900. The monoisotopic (exact) mass is 222 g/mol. The molecule has 0 saturated heterocycles. The molecule has 0 aromatic heterocycles. The molecule has 1 aromatic carbocycles. The van der Waals surface area contributed by atoms with Crippen molar-refractivity contribution in [3.8, 4) is 0 Å². The molecule has 3 nitrogen and oxygen atoms in total. The number of nitrogens with two attached hydrogens (primary N) is 1. The third-order valence-electron chi connectivity index (χ3n) is 2.58. The molecule has 0 fully saturated rings. The van der Waals surface area contributed by atoms with Gasteiger partial charge in [-0.1, -0.05) is 24.3 Å². The van der Waals surface area contributed by atoms with Gasteiger partial charge in [0, 0.05) is 19.6 Å². The molecule has 16 heavy (non-hydrogen) atoms. The highest BCUT2D eigenvalue weighted by molar-refractivity contribution is 5.25. The average Bonchev–Trinajstić information content (AvgIpc) is 2.28. The number of rotatable bonds is 7. The van der Waals surface area contributed by atoms with Crippen LogP contribution in [0, 0.1) is 6.92 Å².